The molecule has 0 aliphatic rings. The van der Waals surface area contributed by atoms with Crippen LogP contribution in [-0.2, 0) is 4.74 Å². The third-order valence-electron chi connectivity index (χ3n) is 3.06. The number of aromatic nitrogens is 2. The third kappa shape index (κ3) is 4.42. The molecule has 0 aliphatic heterocycles. The number of benzene rings is 1. The SMILES string of the molecule is CCCNc1nccc(C(=O)Nc2cc(C(=O)OC)ccc2Cl)n1. The molecular weight excluding hydrogens is 332 g/mol. The van der Waals surface area contributed by atoms with E-state index in [0.29, 0.717) is 23.2 Å². The molecule has 0 bridgehead atoms. The average molecular weight is 349 g/mol. The second kappa shape index (κ2) is 8.26. The summed E-state index contributed by atoms with van der Waals surface area (Å²) in [6, 6.07) is 5.97. The minimum absolute atomic E-state index is 0.183. The van der Waals surface area contributed by atoms with Gasteiger partial charge in [-0.15, -0.1) is 0 Å². The van der Waals surface area contributed by atoms with E-state index in [1.165, 1.54) is 37.6 Å². The van der Waals surface area contributed by atoms with Gasteiger partial charge in [0.05, 0.1) is 23.4 Å². The number of ether oxygens (including phenoxy) is 1. The second-order valence-corrected chi connectivity index (χ2v) is 5.24. The minimum atomic E-state index is -0.518. The van der Waals surface area contributed by atoms with Gasteiger partial charge in [0.15, 0.2) is 0 Å². The van der Waals surface area contributed by atoms with E-state index in [1.54, 1.807) is 0 Å². The summed E-state index contributed by atoms with van der Waals surface area (Å²) in [6.07, 6.45) is 2.40. The van der Waals surface area contributed by atoms with Crippen LogP contribution in [0.5, 0.6) is 0 Å². The van der Waals surface area contributed by atoms with Gasteiger partial charge >= 0.3 is 5.97 Å². The quantitative estimate of drug-likeness (QED) is 0.779. The summed E-state index contributed by atoms with van der Waals surface area (Å²) < 4.78 is 4.65. The van der Waals surface area contributed by atoms with Crippen LogP contribution < -0.4 is 10.6 Å². The molecule has 0 radical (unpaired) electrons. The van der Waals surface area contributed by atoms with Gasteiger partial charge in [-0.05, 0) is 30.7 Å². The van der Waals surface area contributed by atoms with Crippen molar-refractivity contribution in [2.24, 2.45) is 0 Å². The number of hydrogen-bond acceptors (Lipinski definition) is 6. The number of nitrogens with one attached hydrogen (secondary N) is 2. The maximum atomic E-state index is 12.3. The number of nitrogens with zero attached hydrogens (tertiary/aromatic N) is 2. The Hall–Kier alpha value is -2.67. The van der Waals surface area contributed by atoms with Gasteiger partial charge in [-0.1, -0.05) is 18.5 Å². The molecule has 7 nitrogen and oxygen atoms in total. The van der Waals surface area contributed by atoms with E-state index in [2.05, 4.69) is 25.3 Å². The molecule has 24 heavy (non-hydrogen) atoms. The van der Waals surface area contributed by atoms with Gasteiger partial charge in [-0.25, -0.2) is 14.8 Å². The van der Waals surface area contributed by atoms with Crippen LogP contribution in [-0.4, -0.2) is 35.5 Å². The van der Waals surface area contributed by atoms with Crippen molar-refractivity contribution in [3.63, 3.8) is 0 Å². The van der Waals surface area contributed by atoms with Crippen molar-refractivity contribution in [2.75, 3.05) is 24.3 Å². The number of esters is 1. The first kappa shape index (κ1) is 17.7. The van der Waals surface area contributed by atoms with Crippen LogP contribution >= 0.6 is 11.6 Å². The van der Waals surface area contributed by atoms with Gasteiger partial charge in [0, 0.05) is 12.7 Å². The zero-order valence-corrected chi connectivity index (χ0v) is 14.1. The number of anilines is 2. The minimum Gasteiger partial charge on any atom is -0.465 e. The Balaban J connectivity index is 2.19. The molecule has 0 saturated carbocycles. The predicted molar refractivity (Wildman–Crippen MR) is 91.6 cm³/mol. The topological polar surface area (TPSA) is 93.2 Å². The van der Waals surface area contributed by atoms with Crippen LogP contribution in [0.4, 0.5) is 11.6 Å². The number of amides is 1. The molecule has 0 aliphatic carbocycles. The Labute approximate surface area is 144 Å². The van der Waals surface area contributed by atoms with Gasteiger partial charge < -0.3 is 15.4 Å². The third-order valence-corrected chi connectivity index (χ3v) is 3.39. The highest BCUT2D eigenvalue weighted by Gasteiger charge is 2.14. The highest BCUT2D eigenvalue weighted by atomic mass is 35.5. The number of rotatable bonds is 6. The lowest BCUT2D eigenvalue weighted by molar-refractivity contribution is 0.0600. The summed E-state index contributed by atoms with van der Waals surface area (Å²) in [5.41, 5.74) is 0.763. The van der Waals surface area contributed by atoms with Crippen LogP contribution in [0.15, 0.2) is 30.5 Å². The van der Waals surface area contributed by atoms with Crippen LogP contribution in [0, 0.1) is 0 Å². The van der Waals surface area contributed by atoms with Gasteiger partial charge in [-0.2, -0.15) is 0 Å². The van der Waals surface area contributed by atoms with E-state index >= 15 is 0 Å². The number of methoxy groups -OCH3 is 1. The summed E-state index contributed by atoms with van der Waals surface area (Å²) >= 11 is 6.06. The highest BCUT2D eigenvalue weighted by Crippen LogP contribution is 2.24. The maximum absolute atomic E-state index is 12.3. The van der Waals surface area contributed by atoms with Crippen LogP contribution in [0.3, 0.4) is 0 Å². The fraction of sp³-hybridized carbons (Fsp3) is 0.250. The van der Waals surface area contributed by atoms with Crippen molar-refractivity contribution >= 4 is 35.1 Å². The van der Waals surface area contributed by atoms with Crippen molar-refractivity contribution in [3.8, 4) is 0 Å². The first-order valence-corrected chi connectivity index (χ1v) is 7.69. The summed E-state index contributed by atoms with van der Waals surface area (Å²) in [4.78, 5) is 32.1. The summed E-state index contributed by atoms with van der Waals surface area (Å²) in [6.45, 7) is 2.72. The van der Waals surface area contributed by atoms with E-state index in [4.69, 9.17) is 11.6 Å². The molecule has 0 spiro atoms. The molecule has 0 unspecified atom stereocenters. The van der Waals surface area contributed by atoms with E-state index in [0.717, 1.165) is 6.42 Å². The fourth-order valence-electron chi connectivity index (χ4n) is 1.86. The molecule has 1 amide bonds. The lowest BCUT2D eigenvalue weighted by atomic mass is 10.2. The van der Waals surface area contributed by atoms with Crippen molar-refractivity contribution in [1.29, 1.82) is 0 Å². The molecule has 0 fully saturated rings. The molecule has 2 N–H and O–H groups in total. The van der Waals surface area contributed by atoms with Crippen LogP contribution in [0.2, 0.25) is 5.02 Å². The summed E-state index contributed by atoms with van der Waals surface area (Å²) in [5, 5.41) is 5.94. The van der Waals surface area contributed by atoms with Crippen molar-refractivity contribution in [1.82, 2.24) is 9.97 Å². The molecular formula is C16H17ClN4O3. The predicted octanol–water partition coefficient (Wildman–Crippen LogP) is 2.99. The smallest absolute Gasteiger partial charge is 0.337 e. The van der Waals surface area contributed by atoms with E-state index in [-0.39, 0.29) is 11.3 Å². The van der Waals surface area contributed by atoms with Crippen LogP contribution in [0.25, 0.3) is 0 Å². The Morgan fingerprint density at radius 1 is 1.29 bits per heavy atom. The van der Waals surface area contributed by atoms with Gasteiger partial charge in [0.2, 0.25) is 5.95 Å². The first-order valence-electron chi connectivity index (χ1n) is 7.31. The maximum Gasteiger partial charge on any atom is 0.337 e. The summed E-state index contributed by atoms with van der Waals surface area (Å²) in [7, 11) is 1.28. The zero-order valence-electron chi connectivity index (χ0n) is 13.3. The summed E-state index contributed by atoms with van der Waals surface area (Å²) in [5.74, 6) is -0.602. The number of halogens is 1. The highest BCUT2D eigenvalue weighted by molar-refractivity contribution is 6.34. The van der Waals surface area contributed by atoms with E-state index in [9.17, 15) is 9.59 Å². The number of hydrogen-bond donors (Lipinski definition) is 2. The molecule has 1 aromatic heterocycles. The number of carbonyl (C=O) groups is 2. The molecule has 8 heteroatoms. The van der Waals surface area contributed by atoms with Crippen molar-refractivity contribution < 1.29 is 14.3 Å². The molecule has 126 valence electrons. The zero-order chi connectivity index (χ0) is 17.5. The van der Waals surface area contributed by atoms with Crippen LogP contribution in [0.1, 0.15) is 34.2 Å². The normalized spacial score (nSPS) is 10.1. The van der Waals surface area contributed by atoms with Crippen molar-refractivity contribution in [2.45, 2.75) is 13.3 Å². The molecule has 2 rings (SSSR count). The number of carbonyl (C=O) groups excluding carboxylic acids is 2. The Kier molecular flexibility index (Phi) is 6.08. The monoisotopic (exact) mass is 348 g/mol. The molecule has 1 heterocycles. The second-order valence-electron chi connectivity index (χ2n) is 4.83. The first-order chi connectivity index (χ1) is 11.5. The van der Waals surface area contributed by atoms with E-state index < -0.39 is 11.9 Å². The molecule has 1 aromatic carbocycles. The Morgan fingerprint density at radius 3 is 2.79 bits per heavy atom. The molecule has 0 saturated heterocycles. The van der Waals surface area contributed by atoms with Gasteiger partial charge in [0.25, 0.3) is 5.91 Å². The average Bonchev–Trinajstić information content (AvgIpc) is 2.61. The standard InChI is InChI=1S/C16H17ClN4O3/c1-3-7-18-16-19-8-6-12(21-16)14(22)20-13-9-10(15(23)24-2)4-5-11(13)17/h4-6,8-9H,3,7H2,1-2H3,(H,20,22)(H,18,19,21). The van der Waals surface area contributed by atoms with Gasteiger partial charge in [0.1, 0.15) is 5.69 Å². The van der Waals surface area contributed by atoms with E-state index in [1.807, 2.05) is 6.92 Å². The molecule has 2 aromatic rings. The van der Waals surface area contributed by atoms with Crippen molar-refractivity contribution in [3.05, 3.63) is 46.7 Å². The Morgan fingerprint density at radius 2 is 2.08 bits per heavy atom. The lowest BCUT2D eigenvalue weighted by Crippen LogP contribution is -2.16. The lowest BCUT2D eigenvalue weighted by Gasteiger charge is -2.09. The largest absolute Gasteiger partial charge is 0.465 e. The van der Waals surface area contributed by atoms with Gasteiger partial charge in [-0.3, -0.25) is 4.79 Å². The molecule has 0 atom stereocenters. The fourth-order valence-corrected chi connectivity index (χ4v) is 2.02. The Bertz CT molecular complexity index is 752.